The van der Waals surface area contributed by atoms with Crippen molar-refractivity contribution in [2.24, 2.45) is 7.05 Å². The molecule has 2 N–H and O–H groups in total. The number of halogens is 1. The summed E-state index contributed by atoms with van der Waals surface area (Å²) in [5.74, 6) is 0. The third-order valence-electron chi connectivity index (χ3n) is 6.34. The largest absolute Gasteiger partial charge is 0.456 e. The SMILES string of the molecule is Cn1nc(CCc2nc3nc(O[C@@H]4CO[C@H]5[C@@H]4OC[C@H]5O)[nH]c3cc2Cl)cc1-c1ccccc1. The average Bonchev–Trinajstić information content (AvgIpc) is 3.59. The molecule has 0 bridgehead atoms. The van der Waals surface area contributed by atoms with Crippen LogP contribution in [-0.2, 0) is 29.4 Å². The van der Waals surface area contributed by atoms with Gasteiger partial charge in [0.25, 0.3) is 6.01 Å². The van der Waals surface area contributed by atoms with Gasteiger partial charge < -0.3 is 24.3 Å². The van der Waals surface area contributed by atoms with E-state index in [0.29, 0.717) is 41.6 Å². The maximum absolute atomic E-state index is 9.91. The van der Waals surface area contributed by atoms with Crippen molar-refractivity contribution in [3.63, 3.8) is 0 Å². The van der Waals surface area contributed by atoms with Gasteiger partial charge in [-0.25, -0.2) is 4.98 Å². The molecular weight excluding hydrogens is 458 g/mol. The second-order valence-electron chi connectivity index (χ2n) is 8.66. The van der Waals surface area contributed by atoms with Gasteiger partial charge in [-0.2, -0.15) is 10.1 Å². The van der Waals surface area contributed by atoms with Crippen LogP contribution in [0.25, 0.3) is 22.4 Å². The smallest absolute Gasteiger partial charge is 0.296 e. The van der Waals surface area contributed by atoms with Gasteiger partial charge in [-0.05, 0) is 30.5 Å². The zero-order valence-electron chi connectivity index (χ0n) is 18.5. The van der Waals surface area contributed by atoms with Crippen molar-refractivity contribution in [3.05, 3.63) is 58.9 Å². The summed E-state index contributed by atoms with van der Waals surface area (Å²) in [5, 5.41) is 15.1. The summed E-state index contributed by atoms with van der Waals surface area (Å²) in [6, 6.07) is 14.4. The zero-order chi connectivity index (χ0) is 23.2. The number of aryl methyl sites for hydroxylation is 3. The van der Waals surface area contributed by atoms with Crippen molar-refractivity contribution < 1.29 is 19.3 Å². The van der Waals surface area contributed by atoms with Crippen LogP contribution in [0.3, 0.4) is 0 Å². The first-order valence-corrected chi connectivity index (χ1v) is 11.6. The first-order valence-electron chi connectivity index (χ1n) is 11.3. The fourth-order valence-corrected chi connectivity index (χ4v) is 4.87. The molecule has 4 aromatic rings. The van der Waals surface area contributed by atoms with Crippen molar-refractivity contribution in [2.45, 2.75) is 37.3 Å². The summed E-state index contributed by atoms with van der Waals surface area (Å²) in [7, 11) is 1.95. The fourth-order valence-electron chi connectivity index (χ4n) is 4.63. The Labute approximate surface area is 200 Å². The van der Waals surface area contributed by atoms with Gasteiger partial charge in [0, 0.05) is 7.05 Å². The number of nitrogens with one attached hydrogen (secondary N) is 1. The molecule has 34 heavy (non-hydrogen) atoms. The number of imidazole rings is 1. The number of pyridine rings is 1. The van der Waals surface area contributed by atoms with Gasteiger partial charge in [0.1, 0.15) is 18.3 Å². The first kappa shape index (κ1) is 21.5. The number of hydrogen-bond acceptors (Lipinski definition) is 7. The summed E-state index contributed by atoms with van der Waals surface area (Å²) >= 11 is 6.53. The highest BCUT2D eigenvalue weighted by atomic mass is 35.5. The monoisotopic (exact) mass is 481 g/mol. The molecule has 10 heteroatoms. The minimum atomic E-state index is -0.625. The highest BCUT2D eigenvalue weighted by Crippen LogP contribution is 2.30. The van der Waals surface area contributed by atoms with Crippen molar-refractivity contribution in [2.75, 3.05) is 13.2 Å². The number of rotatable bonds is 6. The molecule has 2 fully saturated rings. The number of fused-ring (bicyclic) bond motifs is 2. The molecule has 0 aliphatic carbocycles. The molecule has 0 unspecified atom stereocenters. The second-order valence-corrected chi connectivity index (χ2v) is 9.07. The normalized spacial score (nSPS) is 24.1. The van der Waals surface area contributed by atoms with E-state index in [9.17, 15) is 5.11 Å². The molecule has 0 radical (unpaired) electrons. The molecule has 0 saturated carbocycles. The van der Waals surface area contributed by atoms with Gasteiger partial charge in [0.15, 0.2) is 11.8 Å². The predicted molar refractivity (Wildman–Crippen MR) is 125 cm³/mol. The van der Waals surface area contributed by atoms with Gasteiger partial charge >= 0.3 is 0 Å². The topological polar surface area (TPSA) is 107 Å². The lowest BCUT2D eigenvalue weighted by Crippen LogP contribution is -2.34. The number of ether oxygens (including phenoxy) is 3. The van der Waals surface area contributed by atoms with E-state index in [1.807, 2.05) is 36.0 Å². The molecule has 2 aliphatic rings. The Morgan fingerprint density at radius 1 is 1.12 bits per heavy atom. The molecule has 1 aromatic carbocycles. The predicted octanol–water partition coefficient (Wildman–Crippen LogP) is 2.70. The molecule has 4 atom stereocenters. The van der Waals surface area contributed by atoms with Crippen molar-refractivity contribution in [1.82, 2.24) is 24.7 Å². The number of aromatic nitrogens is 5. The van der Waals surface area contributed by atoms with Crippen molar-refractivity contribution in [3.8, 4) is 17.3 Å². The molecule has 3 aromatic heterocycles. The molecule has 0 spiro atoms. The quantitative estimate of drug-likeness (QED) is 0.436. The van der Waals surface area contributed by atoms with Crippen LogP contribution in [0.4, 0.5) is 0 Å². The van der Waals surface area contributed by atoms with Gasteiger partial charge in [0.2, 0.25) is 0 Å². The number of nitrogens with zero attached hydrogens (tertiary/aromatic N) is 4. The Kier molecular flexibility index (Phi) is 5.49. The maximum atomic E-state index is 9.91. The summed E-state index contributed by atoms with van der Waals surface area (Å²) in [6.45, 7) is 0.580. The molecule has 5 heterocycles. The molecular formula is C24H24ClN5O4. The third-order valence-corrected chi connectivity index (χ3v) is 6.67. The Bertz CT molecular complexity index is 1320. The van der Waals surface area contributed by atoms with E-state index in [0.717, 1.165) is 22.6 Å². The third kappa shape index (κ3) is 3.94. The van der Waals surface area contributed by atoms with Crippen LogP contribution in [0.15, 0.2) is 42.5 Å². The Balaban J connectivity index is 1.17. The van der Waals surface area contributed by atoms with Crippen LogP contribution in [-0.4, -0.2) is 67.5 Å². The van der Waals surface area contributed by atoms with Gasteiger partial charge in [-0.1, -0.05) is 41.9 Å². The van der Waals surface area contributed by atoms with E-state index in [1.54, 1.807) is 0 Å². The minimum absolute atomic E-state index is 0.249. The Morgan fingerprint density at radius 2 is 1.94 bits per heavy atom. The first-order chi connectivity index (χ1) is 16.5. The number of benzene rings is 1. The number of aliphatic hydroxyl groups is 1. The van der Waals surface area contributed by atoms with Crippen molar-refractivity contribution in [1.29, 1.82) is 0 Å². The van der Waals surface area contributed by atoms with E-state index >= 15 is 0 Å². The summed E-state index contributed by atoms with van der Waals surface area (Å²) in [5.41, 5.74) is 5.14. The lowest BCUT2D eigenvalue weighted by molar-refractivity contribution is 0.00706. The summed E-state index contributed by atoms with van der Waals surface area (Å²) in [6.07, 6.45) is -0.304. The van der Waals surface area contributed by atoms with Crippen LogP contribution >= 0.6 is 11.6 Å². The standard InChI is InChI=1S/C24H24ClN5O4/c1-30-18(13-5-3-2-4-6-13)9-14(29-30)7-8-16-15(25)10-17-23(26-16)28-24(27-17)34-20-12-33-21-19(31)11-32-22(20)21/h2-6,9-10,19-22,31H,7-8,11-12H2,1H3,(H,26,27,28)/t19-,20-,21-,22-/m1/s1. The number of hydrogen-bond donors (Lipinski definition) is 2. The Morgan fingerprint density at radius 3 is 2.79 bits per heavy atom. The number of H-pyrrole nitrogens is 1. The van der Waals surface area contributed by atoms with E-state index in [1.165, 1.54) is 0 Å². The van der Waals surface area contributed by atoms with Crippen LogP contribution in [0.1, 0.15) is 11.4 Å². The van der Waals surface area contributed by atoms with Crippen LogP contribution in [0.2, 0.25) is 5.02 Å². The van der Waals surface area contributed by atoms with E-state index in [-0.39, 0.29) is 24.9 Å². The Hall–Kier alpha value is -2.98. The van der Waals surface area contributed by atoms with Crippen LogP contribution < -0.4 is 4.74 Å². The van der Waals surface area contributed by atoms with Gasteiger partial charge in [0.05, 0.1) is 40.8 Å². The molecule has 6 rings (SSSR count). The van der Waals surface area contributed by atoms with Gasteiger partial charge in [-0.15, -0.1) is 0 Å². The van der Waals surface area contributed by atoms with Crippen LogP contribution in [0.5, 0.6) is 6.01 Å². The van der Waals surface area contributed by atoms with E-state index in [4.69, 9.17) is 25.8 Å². The summed E-state index contributed by atoms with van der Waals surface area (Å²) in [4.78, 5) is 12.3. The highest BCUT2D eigenvalue weighted by Gasteiger charge is 2.48. The molecule has 176 valence electrons. The minimum Gasteiger partial charge on any atom is -0.456 e. The second kappa shape index (κ2) is 8.66. The zero-order valence-corrected chi connectivity index (χ0v) is 19.3. The highest BCUT2D eigenvalue weighted by molar-refractivity contribution is 6.31. The summed E-state index contributed by atoms with van der Waals surface area (Å²) < 4.78 is 19.1. The van der Waals surface area contributed by atoms with Crippen molar-refractivity contribution >= 4 is 22.8 Å². The molecule has 9 nitrogen and oxygen atoms in total. The number of aromatic amines is 1. The molecule has 2 saturated heterocycles. The fraction of sp³-hybridized carbons (Fsp3) is 0.375. The maximum Gasteiger partial charge on any atom is 0.296 e. The average molecular weight is 482 g/mol. The lowest BCUT2D eigenvalue weighted by Gasteiger charge is -2.15. The van der Waals surface area contributed by atoms with E-state index in [2.05, 4.69) is 38.2 Å². The molecule has 0 amide bonds. The molecule has 2 aliphatic heterocycles. The number of aliphatic hydroxyl groups excluding tert-OH is 1. The van der Waals surface area contributed by atoms with E-state index < -0.39 is 6.10 Å². The van der Waals surface area contributed by atoms with Gasteiger partial charge in [-0.3, -0.25) is 4.68 Å². The van der Waals surface area contributed by atoms with Crippen LogP contribution in [0, 0.1) is 0 Å². The lowest BCUT2D eigenvalue weighted by atomic mass is 10.1.